The van der Waals surface area contributed by atoms with Crippen LogP contribution in [0.15, 0.2) is 51.7 Å². The lowest BCUT2D eigenvalue weighted by Crippen LogP contribution is -2.35. The van der Waals surface area contributed by atoms with Gasteiger partial charge in [0.1, 0.15) is 11.3 Å². The summed E-state index contributed by atoms with van der Waals surface area (Å²) < 4.78 is 11.3. The summed E-state index contributed by atoms with van der Waals surface area (Å²) in [4.78, 5) is 27.2. The van der Waals surface area contributed by atoms with Gasteiger partial charge in [0.05, 0.1) is 18.5 Å². The zero-order valence-corrected chi connectivity index (χ0v) is 17.4. The van der Waals surface area contributed by atoms with Gasteiger partial charge in [-0.25, -0.2) is 0 Å². The molecule has 6 nitrogen and oxygen atoms in total. The van der Waals surface area contributed by atoms with Gasteiger partial charge in [-0.1, -0.05) is 24.3 Å². The number of nitrogens with one attached hydrogen (secondary N) is 1. The number of aryl methyl sites for hydroxylation is 2. The van der Waals surface area contributed by atoms with E-state index in [-0.39, 0.29) is 17.2 Å². The predicted octanol–water partition coefficient (Wildman–Crippen LogP) is 3.45. The Morgan fingerprint density at radius 2 is 1.90 bits per heavy atom. The molecule has 0 aliphatic rings. The van der Waals surface area contributed by atoms with Crippen LogP contribution in [0.25, 0.3) is 11.0 Å². The molecule has 1 atom stereocenters. The summed E-state index contributed by atoms with van der Waals surface area (Å²) in [5.41, 5.74) is 3.05. The molecular weight excluding hydrogens is 368 g/mol. The van der Waals surface area contributed by atoms with Gasteiger partial charge in [-0.05, 0) is 51.2 Å². The summed E-state index contributed by atoms with van der Waals surface area (Å²) in [5.74, 6) is 0.337. The Hall–Kier alpha value is -3.12. The highest BCUT2D eigenvalue weighted by molar-refractivity contribution is 5.93. The third-order valence-corrected chi connectivity index (χ3v) is 5.22. The SMILES string of the molecule is COc1ccccc1[C@@H](CNC(=O)c1cc(=O)c2ccc(C)c(C)c2o1)N(C)C. The van der Waals surface area contributed by atoms with E-state index in [4.69, 9.17) is 9.15 Å². The molecule has 29 heavy (non-hydrogen) atoms. The highest BCUT2D eigenvalue weighted by Gasteiger charge is 2.21. The minimum absolute atomic E-state index is 0.00809. The molecule has 1 aromatic heterocycles. The van der Waals surface area contributed by atoms with Gasteiger partial charge in [0, 0.05) is 18.2 Å². The van der Waals surface area contributed by atoms with Gasteiger partial charge >= 0.3 is 0 Å². The molecule has 0 bridgehead atoms. The Morgan fingerprint density at radius 3 is 2.59 bits per heavy atom. The van der Waals surface area contributed by atoms with Crippen LogP contribution in [0, 0.1) is 13.8 Å². The fraction of sp³-hybridized carbons (Fsp3) is 0.304. The second kappa shape index (κ2) is 8.49. The monoisotopic (exact) mass is 394 g/mol. The van der Waals surface area contributed by atoms with Crippen LogP contribution in [0.5, 0.6) is 5.75 Å². The van der Waals surface area contributed by atoms with Gasteiger partial charge in [0.15, 0.2) is 11.2 Å². The van der Waals surface area contributed by atoms with E-state index in [2.05, 4.69) is 5.32 Å². The minimum Gasteiger partial charge on any atom is -0.496 e. The summed E-state index contributed by atoms with van der Waals surface area (Å²) in [7, 11) is 5.50. The molecule has 6 heteroatoms. The largest absolute Gasteiger partial charge is 0.496 e. The van der Waals surface area contributed by atoms with Crippen LogP contribution in [0.3, 0.4) is 0 Å². The molecule has 3 rings (SSSR count). The molecule has 1 N–H and O–H groups in total. The quantitative estimate of drug-likeness (QED) is 0.693. The molecule has 1 heterocycles. The molecule has 0 spiro atoms. The van der Waals surface area contributed by atoms with Crippen molar-refractivity contribution >= 4 is 16.9 Å². The Bertz CT molecular complexity index is 1100. The highest BCUT2D eigenvalue weighted by Crippen LogP contribution is 2.27. The first-order valence-electron chi connectivity index (χ1n) is 9.45. The number of ether oxygens (including phenoxy) is 1. The molecule has 0 unspecified atom stereocenters. The van der Waals surface area contributed by atoms with Crippen LogP contribution in [-0.2, 0) is 0 Å². The zero-order valence-electron chi connectivity index (χ0n) is 17.4. The number of carbonyl (C=O) groups is 1. The number of fused-ring (bicyclic) bond motifs is 1. The summed E-state index contributed by atoms with van der Waals surface area (Å²) in [6.45, 7) is 4.16. The number of carbonyl (C=O) groups excluding carboxylic acids is 1. The summed E-state index contributed by atoms with van der Waals surface area (Å²) >= 11 is 0. The lowest BCUT2D eigenvalue weighted by atomic mass is 10.0. The molecule has 0 aliphatic carbocycles. The number of para-hydroxylation sites is 1. The third kappa shape index (κ3) is 4.17. The number of nitrogens with zero attached hydrogens (tertiary/aromatic N) is 1. The molecule has 2 aromatic carbocycles. The number of likely N-dealkylation sites (N-methyl/N-ethyl adjacent to an activating group) is 1. The molecule has 0 radical (unpaired) electrons. The number of hydrogen-bond acceptors (Lipinski definition) is 5. The number of rotatable bonds is 6. The van der Waals surface area contributed by atoms with Crippen molar-refractivity contribution in [3.8, 4) is 5.75 Å². The van der Waals surface area contributed by atoms with E-state index in [0.29, 0.717) is 17.5 Å². The summed E-state index contributed by atoms with van der Waals surface area (Å²) in [6.07, 6.45) is 0. The van der Waals surface area contributed by atoms with Crippen molar-refractivity contribution in [3.05, 3.63) is 75.1 Å². The Labute approximate surface area is 170 Å². The number of benzene rings is 2. The molecule has 1 amide bonds. The van der Waals surface area contributed by atoms with E-state index in [1.165, 1.54) is 6.07 Å². The van der Waals surface area contributed by atoms with E-state index in [1.54, 1.807) is 13.2 Å². The Morgan fingerprint density at radius 1 is 1.17 bits per heavy atom. The van der Waals surface area contributed by atoms with Gasteiger partial charge in [0.25, 0.3) is 5.91 Å². The number of amides is 1. The normalized spacial score (nSPS) is 12.2. The van der Waals surface area contributed by atoms with Crippen molar-refractivity contribution < 1.29 is 13.9 Å². The van der Waals surface area contributed by atoms with Gasteiger partial charge in [-0.3, -0.25) is 9.59 Å². The first kappa shape index (κ1) is 20.6. The van der Waals surface area contributed by atoms with E-state index < -0.39 is 5.91 Å². The first-order chi connectivity index (χ1) is 13.8. The van der Waals surface area contributed by atoms with Crippen molar-refractivity contribution in [2.45, 2.75) is 19.9 Å². The van der Waals surface area contributed by atoms with Crippen LogP contribution in [0.1, 0.15) is 33.3 Å². The fourth-order valence-corrected chi connectivity index (χ4v) is 3.35. The maximum absolute atomic E-state index is 12.8. The standard InChI is InChI=1S/C23H26N2O4/c1-14-10-11-17-19(26)12-21(29-22(17)15(14)2)23(27)24-13-18(25(3)4)16-8-6-7-9-20(16)28-5/h6-12,18H,13H2,1-5H3,(H,24,27)/t18-/m1/s1. The second-order valence-corrected chi connectivity index (χ2v) is 7.29. The van der Waals surface area contributed by atoms with Gasteiger partial charge in [0.2, 0.25) is 0 Å². The van der Waals surface area contributed by atoms with Crippen LogP contribution >= 0.6 is 0 Å². The van der Waals surface area contributed by atoms with Crippen molar-refractivity contribution in [2.75, 3.05) is 27.7 Å². The first-order valence-corrected chi connectivity index (χ1v) is 9.45. The fourth-order valence-electron chi connectivity index (χ4n) is 3.35. The smallest absolute Gasteiger partial charge is 0.287 e. The second-order valence-electron chi connectivity index (χ2n) is 7.29. The Kier molecular flexibility index (Phi) is 6.03. The molecular formula is C23H26N2O4. The van der Waals surface area contributed by atoms with Gasteiger partial charge in [-0.15, -0.1) is 0 Å². The molecule has 0 saturated heterocycles. The third-order valence-electron chi connectivity index (χ3n) is 5.22. The average molecular weight is 394 g/mol. The van der Waals surface area contributed by atoms with Crippen molar-refractivity contribution in [3.63, 3.8) is 0 Å². The van der Waals surface area contributed by atoms with E-state index in [0.717, 1.165) is 22.4 Å². The maximum Gasteiger partial charge on any atom is 0.287 e. The van der Waals surface area contributed by atoms with Crippen molar-refractivity contribution in [1.29, 1.82) is 0 Å². The van der Waals surface area contributed by atoms with Gasteiger partial charge < -0.3 is 19.4 Å². The van der Waals surface area contributed by atoms with Crippen LogP contribution in [0.4, 0.5) is 0 Å². The molecule has 152 valence electrons. The number of hydrogen-bond donors (Lipinski definition) is 1. The lowest BCUT2D eigenvalue weighted by Gasteiger charge is -2.26. The molecule has 0 fully saturated rings. The summed E-state index contributed by atoms with van der Waals surface area (Å²) in [5, 5.41) is 3.36. The van der Waals surface area contributed by atoms with Crippen LogP contribution < -0.4 is 15.5 Å². The van der Waals surface area contributed by atoms with Crippen molar-refractivity contribution in [1.82, 2.24) is 10.2 Å². The maximum atomic E-state index is 12.8. The lowest BCUT2D eigenvalue weighted by molar-refractivity contribution is 0.0914. The zero-order chi connectivity index (χ0) is 21.1. The van der Waals surface area contributed by atoms with Crippen molar-refractivity contribution in [2.24, 2.45) is 0 Å². The highest BCUT2D eigenvalue weighted by atomic mass is 16.5. The van der Waals surface area contributed by atoms with Crippen LogP contribution in [-0.4, -0.2) is 38.6 Å². The van der Waals surface area contributed by atoms with E-state index >= 15 is 0 Å². The van der Waals surface area contributed by atoms with E-state index in [9.17, 15) is 9.59 Å². The van der Waals surface area contributed by atoms with Crippen LogP contribution in [0.2, 0.25) is 0 Å². The van der Waals surface area contributed by atoms with E-state index in [1.807, 2.05) is 63.2 Å². The van der Waals surface area contributed by atoms with Gasteiger partial charge in [-0.2, -0.15) is 0 Å². The minimum atomic E-state index is -0.424. The molecule has 3 aromatic rings. The Balaban J connectivity index is 1.88. The summed E-state index contributed by atoms with van der Waals surface area (Å²) in [6, 6.07) is 12.5. The number of methoxy groups -OCH3 is 1. The molecule has 0 saturated carbocycles. The predicted molar refractivity (Wildman–Crippen MR) is 114 cm³/mol. The average Bonchev–Trinajstić information content (AvgIpc) is 2.71. The molecule has 0 aliphatic heterocycles. The topological polar surface area (TPSA) is 71.8 Å².